The van der Waals surface area contributed by atoms with E-state index in [4.69, 9.17) is 0 Å². The lowest BCUT2D eigenvalue weighted by molar-refractivity contribution is -0.135. The Kier molecular flexibility index (Phi) is 4.86. The van der Waals surface area contributed by atoms with Crippen LogP contribution in [0.1, 0.15) is 16.7 Å². The van der Waals surface area contributed by atoms with Crippen LogP contribution in [0.15, 0.2) is 48.2 Å². The lowest BCUT2D eigenvalue weighted by atomic mass is 10.0. The van der Waals surface area contributed by atoms with Crippen LogP contribution >= 0.6 is 0 Å². The number of piperazine rings is 1. The van der Waals surface area contributed by atoms with E-state index in [2.05, 4.69) is 36.9 Å². The predicted octanol–water partition coefficient (Wildman–Crippen LogP) is 2.97. The minimum absolute atomic E-state index is 0.297. The van der Waals surface area contributed by atoms with Gasteiger partial charge < -0.3 is 9.80 Å². The summed E-state index contributed by atoms with van der Waals surface area (Å²) < 4.78 is 13.3. The lowest BCUT2D eigenvalue weighted by Crippen LogP contribution is -2.47. The van der Waals surface area contributed by atoms with Gasteiger partial charge in [0.15, 0.2) is 0 Å². The van der Waals surface area contributed by atoms with Gasteiger partial charge in [0.2, 0.25) is 0 Å². The topological polar surface area (TPSA) is 43.9 Å². The van der Waals surface area contributed by atoms with Gasteiger partial charge in [-0.2, -0.15) is 0 Å². The second-order valence-electron chi connectivity index (χ2n) is 7.59. The Bertz CT molecular complexity index is 1010. The van der Waals surface area contributed by atoms with Gasteiger partial charge in [-0.25, -0.2) is 4.39 Å². The zero-order valence-electron chi connectivity index (χ0n) is 16.9. The summed E-state index contributed by atoms with van der Waals surface area (Å²) in [5.41, 5.74) is 5.08. The summed E-state index contributed by atoms with van der Waals surface area (Å²) in [5, 5.41) is 0. The molecule has 0 unspecified atom stereocenters. The Balaban J connectivity index is 1.63. The lowest BCUT2D eigenvalue weighted by Gasteiger charge is -2.38. The van der Waals surface area contributed by atoms with Gasteiger partial charge in [0, 0.05) is 38.9 Å². The Morgan fingerprint density at radius 2 is 1.45 bits per heavy atom. The van der Waals surface area contributed by atoms with Crippen LogP contribution in [0, 0.1) is 19.7 Å². The smallest absolute Gasteiger partial charge is 0.277 e. The van der Waals surface area contributed by atoms with Crippen molar-refractivity contribution in [1.82, 2.24) is 9.80 Å². The first-order valence-electron chi connectivity index (χ1n) is 9.77. The van der Waals surface area contributed by atoms with Crippen LogP contribution in [0.2, 0.25) is 0 Å². The molecule has 0 radical (unpaired) electrons. The molecule has 0 aromatic heterocycles. The molecule has 0 atom stereocenters. The molecule has 2 amide bonds. The number of halogens is 1. The Labute approximate surface area is 170 Å². The molecule has 6 heteroatoms. The van der Waals surface area contributed by atoms with Crippen LogP contribution in [0.5, 0.6) is 0 Å². The molecule has 0 N–H and O–H groups in total. The molecule has 29 heavy (non-hydrogen) atoms. The second-order valence-corrected chi connectivity index (χ2v) is 7.59. The van der Waals surface area contributed by atoms with Crippen LogP contribution < -0.4 is 4.90 Å². The SMILES string of the molecule is Cc1cccc(N2CCN(C3=C(c4ccc(F)cc4)C(=O)N(C)C3=O)CC2)c1C. The summed E-state index contributed by atoms with van der Waals surface area (Å²) in [6.45, 7) is 7.03. The number of anilines is 1. The maximum Gasteiger partial charge on any atom is 0.277 e. The molecule has 1 fully saturated rings. The molecule has 0 spiro atoms. The van der Waals surface area contributed by atoms with Crippen LogP contribution in [0.25, 0.3) is 5.57 Å². The van der Waals surface area contributed by atoms with Crippen LogP contribution in [-0.4, -0.2) is 54.8 Å². The third-order valence-corrected chi connectivity index (χ3v) is 5.91. The number of rotatable bonds is 3. The largest absolute Gasteiger partial charge is 0.368 e. The summed E-state index contributed by atoms with van der Waals surface area (Å²) in [4.78, 5) is 31.0. The van der Waals surface area contributed by atoms with Crippen molar-refractivity contribution >= 4 is 23.1 Å². The number of hydrogen-bond donors (Lipinski definition) is 0. The normalized spacial score (nSPS) is 17.6. The van der Waals surface area contributed by atoms with E-state index in [-0.39, 0.29) is 17.6 Å². The van der Waals surface area contributed by atoms with E-state index >= 15 is 0 Å². The van der Waals surface area contributed by atoms with Crippen LogP contribution in [-0.2, 0) is 9.59 Å². The molecule has 2 aromatic carbocycles. The molecule has 150 valence electrons. The molecule has 2 aliphatic rings. The monoisotopic (exact) mass is 393 g/mol. The van der Waals surface area contributed by atoms with Gasteiger partial charge in [0.25, 0.3) is 11.8 Å². The predicted molar refractivity (Wildman–Crippen MR) is 111 cm³/mol. The number of imide groups is 1. The summed E-state index contributed by atoms with van der Waals surface area (Å²) in [7, 11) is 1.49. The second kappa shape index (κ2) is 7.35. The van der Waals surface area contributed by atoms with Crippen molar-refractivity contribution in [3.8, 4) is 0 Å². The molecule has 0 saturated carbocycles. The fourth-order valence-corrected chi connectivity index (χ4v) is 4.05. The maximum atomic E-state index is 13.3. The third-order valence-electron chi connectivity index (χ3n) is 5.91. The van der Waals surface area contributed by atoms with Gasteiger partial charge >= 0.3 is 0 Å². The third kappa shape index (κ3) is 3.28. The van der Waals surface area contributed by atoms with Crippen molar-refractivity contribution in [3.63, 3.8) is 0 Å². The Hall–Kier alpha value is -3.15. The molecule has 0 aliphatic carbocycles. The first-order valence-corrected chi connectivity index (χ1v) is 9.77. The quantitative estimate of drug-likeness (QED) is 0.752. The number of nitrogens with zero attached hydrogens (tertiary/aromatic N) is 3. The van der Waals surface area contributed by atoms with Gasteiger partial charge in [-0.05, 0) is 48.7 Å². The number of carbonyl (C=O) groups excluding carboxylic acids is 2. The van der Waals surface area contributed by atoms with E-state index in [1.54, 1.807) is 12.1 Å². The Morgan fingerprint density at radius 1 is 0.828 bits per heavy atom. The molecule has 1 saturated heterocycles. The molecule has 0 bridgehead atoms. The molecular weight excluding hydrogens is 369 g/mol. The molecule has 2 aromatic rings. The fraction of sp³-hybridized carbons (Fsp3) is 0.304. The molecule has 2 heterocycles. The van der Waals surface area contributed by atoms with E-state index in [9.17, 15) is 14.0 Å². The number of amides is 2. The number of likely N-dealkylation sites (N-methyl/N-ethyl adjacent to an activating group) is 1. The van der Waals surface area contributed by atoms with Gasteiger partial charge in [-0.3, -0.25) is 14.5 Å². The number of hydrogen-bond acceptors (Lipinski definition) is 4. The van der Waals surface area contributed by atoms with Crippen molar-refractivity contribution in [2.45, 2.75) is 13.8 Å². The van der Waals surface area contributed by atoms with Gasteiger partial charge in [-0.15, -0.1) is 0 Å². The number of benzene rings is 2. The van der Waals surface area contributed by atoms with Crippen LogP contribution in [0.3, 0.4) is 0 Å². The minimum atomic E-state index is -0.372. The van der Waals surface area contributed by atoms with E-state index in [0.29, 0.717) is 29.9 Å². The van der Waals surface area contributed by atoms with Crippen molar-refractivity contribution in [3.05, 3.63) is 70.7 Å². The summed E-state index contributed by atoms with van der Waals surface area (Å²) in [6, 6.07) is 12.0. The highest BCUT2D eigenvalue weighted by Gasteiger charge is 2.40. The highest BCUT2D eigenvalue weighted by Crippen LogP contribution is 2.32. The average Bonchev–Trinajstić information content (AvgIpc) is 2.95. The molecule has 5 nitrogen and oxygen atoms in total. The standard InChI is InChI=1S/C23H24FN3O2/c1-15-5-4-6-19(16(15)2)26-11-13-27(14-12-26)21-20(22(28)25(3)23(21)29)17-7-9-18(24)10-8-17/h4-10H,11-14H2,1-3H3. The zero-order chi connectivity index (χ0) is 20.7. The first-order chi connectivity index (χ1) is 13.9. The minimum Gasteiger partial charge on any atom is -0.368 e. The van der Waals surface area contributed by atoms with Gasteiger partial charge in [0.05, 0.1) is 5.57 Å². The zero-order valence-corrected chi connectivity index (χ0v) is 16.9. The van der Waals surface area contributed by atoms with Crippen molar-refractivity contribution in [2.24, 2.45) is 0 Å². The van der Waals surface area contributed by atoms with Crippen molar-refractivity contribution in [1.29, 1.82) is 0 Å². The van der Waals surface area contributed by atoms with E-state index in [0.717, 1.165) is 18.0 Å². The average molecular weight is 393 g/mol. The molecular formula is C23H24FN3O2. The van der Waals surface area contributed by atoms with Crippen molar-refractivity contribution < 1.29 is 14.0 Å². The van der Waals surface area contributed by atoms with Gasteiger partial charge in [0.1, 0.15) is 11.5 Å². The molecule has 2 aliphatic heterocycles. The Morgan fingerprint density at radius 3 is 2.10 bits per heavy atom. The summed E-state index contributed by atoms with van der Waals surface area (Å²) >= 11 is 0. The molecule has 4 rings (SSSR count). The van der Waals surface area contributed by atoms with E-state index < -0.39 is 0 Å². The van der Waals surface area contributed by atoms with Crippen molar-refractivity contribution in [2.75, 3.05) is 38.1 Å². The maximum absolute atomic E-state index is 13.3. The van der Waals surface area contributed by atoms with Gasteiger partial charge in [-0.1, -0.05) is 24.3 Å². The van der Waals surface area contributed by atoms with Crippen LogP contribution in [0.4, 0.5) is 10.1 Å². The summed E-state index contributed by atoms with van der Waals surface area (Å²) in [6.07, 6.45) is 0. The van der Waals surface area contributed by atoms with E-state index in [1.807, 2.05) is 4.90 Å². The number of carbonyl (C=O) groups is 2. The highest BCUT2D eigenvalue weighted by molar-refractivity contribution is 6.35. The fourth-order valence-electron chi connectivity index (χ4n) is 4.05. The van der Waals surface area contributed by atoms with E-state index in [1.165, 1.54) is 36.0 Å². The number of aryl methyl sites for hydroxylation is 1. The first kappa shape index (κ1) is 19.2. The summed E-state index contributed by atoms with van der Waals surface area (Å²) in [5.74, 6) is -1.01. The highest BCUT2D eigenvalue weighted by atomic mass is 19.1.